The minimum absolute atomic E-state index is 0.374. The number of hydrogen-bond acceptors (Lipinski definition) is 3. The van der Waals surface area contributed by atoms with E-state index in [9.17, 15) is 8.42 Å². The van der Waals surface area contributed by atoms with E-state index < -0.39 is 10.0 Å². The molecule has 0 atom stereocenters. The highest BCUT2D eigenvalue weighted by Gasteiger charge is 2.34. The molecule has 1 saturated heterocycles. The van der Waals surface area contributed by atoms with Gasteiger partial charge >= 0.3 is 0 Å². The zero-order valence-electron chi connectivity index (χ0n) is 8.33. The molecule has 1 fully saturated rings. The van der Waals surface area contributed by atoms with Crippen molar-refractivity contribution in [2.24, 2.45) is 5.14 Å². The zero-order valence-corrected chi connectivity index (χ0v) is 9.15. The lowest BCUT2D eigenvalue weighted by atomic mass is 10.1. The van der Waals surface area contributed by atoms with Crippen molar-refractivity contribution in [1.29, 1.82) is 0 Å². The molecule has 82 valence electrons. The fourth-order valence-electron chi connectivity index (χ4n) is 1.70. The first-order chi connectivity index (χ1) is 7.05. The van der Waals surface area contributed by atoms with Gasteiger partial charge in [0.05, 0.1) is 0 Å². The highest BCUT2D eigenvalue weighted by Crippen LogP contribution is 2.16. The van der Waals surface area contributed by atoms with E-state index in [0.29, 0.717) is 13.1 Å². The second-order valence-corrected chi connectivity index (χ2v) is 5.74. The Morgan fingerprint density at radius 2 is 1.87 bits per heavy atom. The fraction of sp³-hybridized carbons (Fsp3) is 0.400. The van der Waals surface area contributed by atoms with Gasteiger partial charge in [0.15, 0.2) is 0 Å². The van der Waals surface area contributed by atoms with Crippen LogP contribution in [0, 0.1) is 0 Å². The fourth-order valence-corrected chi connectivity index (χ4v) is 2.54. The van der Waals surface area contributed by atoms with E-state index in [4.69, 9.17) is 5.14 Å². The van der Waals surface area contributed by atoms with Crippen LogP contribution in [-0.4, -0.2) is 31.7 Å². The Labute approximate surface area is 89.7 Å². The number of nitrogens with zero attached hydrogens (tertiary/aromatic N) is 1. The number of primary sulfonamides is 1. The first-order valence-corrected chi connectivity index (χ1v) is 6.44. The van der Waals surface area contributed by atoms with Gasteiger partial charge in [0, 0.05) is 19.6 Å². The Bertz CT molecular complexity index is 424. The van der Waals surface area contributed by atoms with Crippen LogP contribution in [0.15, 0.2) is 30.3 Å². The second kappa shape index (κ2) is 3.92. The maximum absolute atomic E-state index is 11.0. The molecule has 2 rings (SSSR count). The van der Waals surface area contributed by atoms with Crippen molar-refractivity contribution in [3.8, 4) is 0 Å². The van der Waals surface area contributed by atoms with E-state index in [2.05, 4.69) is 4.90 Å². The average Bonchev–Trinajstić information content (AvgIpc) is 2.10. The van der Waals surface area contributed by atoms with E-state index in [-0.39, 0.29) is 5.25 Å². The molecule has 0 aromatic heterocycles. The molecule has 0 aliphatic carbocycles. The summed E-state index contributed by atoms with van der Waals surface area (Å²) in [5.41, 5.74) is 1.20. The molecule has 0 bridgehead atoms. The Morgan fingerprint density at radius 3 is 2.40 bits per heavy atom. The van der Waals surface area contributed by atoms with Crippen molar-refractivity contribution >= 4 is 10.0 Å². The van der Waals surface area contributed by atoms with Gasteiger partial charge in [-0.2, -0.15) is 0 Å². The van der Waals surface area contributed by atoms with Crippen molar-refractivity contribution in [1.82, 2.24) is 4.90 Å². The summed E-state index contributed by atoms with van der Waals surface area (Å²) in [6, 6.07) is 9.99. The quantitative estimate of drug-likeness (QED) is 0.798. The standard InChI is InChI=1S/C10H14N2O2S/c11-15(13,14)10-7-12(8-10)6-9-4-2-1-3-5-9/h1-5,10H,6-8H2,(H2,11,13,14). The summed E-state index contributed by atoms with van der Waals surface area (Å²) >= 11 is 0. The Balaban J connectivity index is 1.87. The summed E-state index contributed by atoms with van der Waals surface area (Å²) < 4.78 is 21.9. The van der Waals surface area contributed by atoms with Gasteiger partial charge in [0.2, 0.25) is 10.0 Å². The smallest absolute Gasteiger partial charge is 0.214 e. The molecule has 1 aliphatic rings. The van der Waals surface area contributed by atoms with Crippen LogP contribution in [0.1, 0.15) is 5.56 Å². The monoisotopic (exact) mass is 226 g/mol. The molecule has 0 spiro atoms. The molecule has 1 aliphatic heterocycles. The normalized spacial score (nSPS) is 18.7. The van der Waals surface area contributed by atoms with Gasteiger partial charge in [0.25, 0.3) is 0 Å². The second-order valence-electron chi connectivity index (χ2n) is 3.89. The van der Waals surface area contributed by atoms with Crippen LogP contribution in [0.2, 0.25) is 0 Å². The number of hydrogen-bond donors (Lipinski definition) is 1. The molecule has 1 heterocycles. The molecule has 4 nitrogen and oxygen atoms in total. The third-order valence-corrected chi connectivity index (χ3v) is 3.86. The van der Waals surface area contributed by atoms with E-state index in [1.807, 2.05) is 30.3 Å². The Hall–Kier alpha value is -0.910. The Morgan fingerprint density at radius 1 is 1.27 bits per heavy atom. The molecular weight excluding hydrogens is 212 g/mol. The topological polar surface area (TPSA) is 63.4 Å². The summed E-state index contributed by atoms with van der Waals surface area (Å²) in [7, 11) is -3.33. The predicted molar refractivity (Wildman–Crippen MR) is 58.6 cm³/mol. The van der Waals surface area contributed by atoms with Crippen LogP contribution in [0.25, 0.3) is 0 Å². The van der Waals surface area contributed by atoms with Crippen LogP contribution in [0.3, 0.4) is 0 Å². The van der Waals surface area contributed by atoms with Gasteiger partial charge in [0.1, 0.15) is 5.25 Å². The summed E-state index contributed by atoms with van der Waals surface area (Å²) in [5, 5.41) is 4.67. The maximum Gasteiger partial charge on any atom is 0.214 e. The molecule has 0 saturated carbocycles. The number of likely N-dealkylation sites (tertiary alicyclic amines) is 1. The molecule has 0 unspecified atom stereocenters. The van der Waals surface area contributed by atoms with Crippen LogP contribution < -0.4 is 5.14 Å². The summed E-state index contributed by atoms with van der Waals surface area (Å²) in [4.78, 5) is 2.07. The van der Waals surface area contributed by atoms with Gasteiger partial charge in [-0.25, -0.2) is 13.6 Å². The molecule has 0 radical (unpaired) electrons. The minimum atomic E-state index is -3.33. The maximum atomic E-state index is 11.0. The van der Waals surface area contributed by atoms with E-state index in [1.165, 1.54) is 5.56 Å². The number of rotatable bonds is 3. The first kappa shape index (κ1) is 10.6. The third kappa shape index (κ3) is 2.56. The van der Waals surface area contributed by atoms with Crippen molar-refractivity contribution in [3.63, 3.8) is 0 Å². The minimum Gasteiger partial charge on any atom is -0.296 e. The molecule has 0 amide bonds. The van der Waals surface area contributed by atoms with E-state index >= 15 is 0 Å². The Kier molecular flexibility index (Phi) is 2.77. The van der Waals surface area contributed by atoms with Gasteiger partial charge < -0.3 is 0 Å². The molecule has 5 heteroatoms. The lowest BCUT2D eigenvalue weighted by Gasteiger charge is -2.37. The van der Waals surface area contributed by atoms with Crippen LogP contribution in [-0.2, 0) is 16.6 Å². The first-order valence-electron chi connectivity index (χ1n) is 4.83. The summed E-state index contributed by atoms with van der Waals surface area (Å²) in [6.45, 7) is 1.90. The summed E-state index contributed by atoms with van der Waals surface area (Å²) in [5.74, 6) is 0. The van der Waals surface area contributed by atoms with Gasteiger partial charge in [-0.15, -0.1) is 0 Å². The number of nitrogens with two attached hydrogens (primary N) is 1. The number of sulfonamides is 1. The van der Waals surface area contributed by atoms with Crippen molar-refractivity contribution in [2.45, 2.75) is 11.8 Å². The predicted octanol–water partition coefficient (Wildman–Crippen LogP) is 0.159. The average molecular weight is 226 g/mol. The lowest BCUT2D eigenvalue weighted by molar-refractivity contribution is 0.176. The van der Waals surface area contributed by atoms with Crippen molar-refractivity contribution in [3.05, 3.63) is 35.9 Å². The van der Waals surface area contributed by atoms with Crippen LogP contribution in [0.4, 0.5) is 0 Å². The highest BCUT2D eigenvalue weighted by molar-refractivity contribution is 7.89. The molecule has 1 aromatic carbocycles. The van der Waals surface area contributed by atoms with Crippen molar-refractivity contribution in [2.75, 3.05) is 13.1 Å². The molecule has 1 aromatic rings. The molecule has 2 N–H and O–H groups in total. The van der Waals surface area contributed by atoms with Gasteiger partial charge in [-0.3, -0.25) is 4.90 Å². The third-order valence-electron chi connectivity index (χ3n) is 2.64. The van der Waals surface area contributed by atoms with Crippen LogP contribution in [0.5, 0.6) is 0 Å². The zero-order chi connectivity index (χ0) is 10.9. The van der Waals surface area contributed by atoms with E-state index in [0.717, 1.165) is 6.54 Å². The number of benzene rings is 1. The van der Waals surface area contributed by atoms with Gasteiger partial charge in [-0.05, 0) is 5.56 Å². The van der Waals surface area contributed by atoms with E-state index in [1.54, 1.807) is 0 Å². The van der Waals surface area contributed by atoms with Crippen molar-refractivity contribution < 1.29 is 8.42 Å². The van der Waals surface area contributed by atoms with Crippen LogP contribution >= 0.6 is 0 Å². The SMILES string of the molecule is NS(=O)(=O)C1CN(Cc2ccccc2)C1. The molecular formula is C10H14N2O2S. The lowest BCUT2D eigenvalue weighted by Crippen LogP contribution is -2.55. The highest BCUT2D eigenvalue weighted by atomic mass is 32.2. The largest absolute Gasteiger partial charge is 0.296 e. The van der Waals surface area contributed by atoms with Gasteiger partial charge in [-0.1, -0.05) is 30.3 Å². The summed E-state index contributed by atoms with van der Waals surface area (Å²) in [6.07, 6.45) is 0. The molecule has 15 heavy (non-hydrogen) atoms.